The number of benzene rings is 2. The number of halogens is 2. The summed E-state index contributed by atoms with van der Waals surface area (Å²) in [6.45, 7) is 6.18. The molecular formula is C31H36F2O3. The Bertz CT molecular complexity index is 1080. The molecule has 4 rings (SSSR count). The third kappa shape index (κ3) is 6.24. The average molecular weight is 495 g/mol. The van der Waals surface area contributed by atoms with E-state index in [4.69, 9.17) is 9.47 Å². The Morgan fingerprint density at radius 1 is 0.972 bits per heavy atom. The molecule has 2 aromatic carbocycles. The number of carbonyl (C=O) groups is 1. The Hall–Kier alpha value is -2.95. The summed E-state index contributed by atoms with van der Waals surface area (Å²) in [5.41, 5.74) is -0.0000150. The summed E-state index contributed by atoms with van der Waals surface area (Å²) in [4.78, 5) is 12.6. The molecule has 192 valence electrons. The van der Waals surface area contributed by atoms with Crippen LogP contribution < -0.4 is 9.47 Å². The number of ether oxygens (including phenoxy) is 2. The van der Waals surface area contributed by atoms with E-state index in [-0.39, 0.29) is 17.2 Å². The molecule has 2 aliphatic rings. The lowest BCUT2D eigenvalue weighted by atomic mass is 9.63. The van der Waals surface area contributed by atoms with Crippen LogP contribution in [0, 0.1) is 29.4 Å². The fraction of sp³-hybridized carbons (Fsp3) is 0.452. The van der Waals surface area contributed by atoms with Gasteiger partial charge in [-0.05, 0) is 111 Å². The number of fused-ring (bicyclic) bond motifs is 1. The first kappa shape index (κ1) is 26.1. The molecule has 0 radical (unpaired) electrons. The van der Waals surface area contributed by atoms with E-state index in [2.05, 4.69) is 6.58 Å². The number of hydrogen-bond donors (Lipinski definition) is 0. The van der Waals surface area contributed by atoms with Crippen LogP contribution in [0.5, 0.6) is 11.5 Å². The van der Waals surface area contributed by atoms with Crippen molar-refractivity contribution in [3.8, 4) is 11.5 Å². The van der Waals surface area contributed by atoms with Crippen molar-refractivity contribution < 1.29 is 23.0 Å². The zero-order valence-corrected chi connectivity index (χ0v) is 21.1. The lowest BCUT2D eigenvalue weighted by Gasteiger charge is -2.42. The molecule has 0 amide bonds. The SMILES string of the molecule is C=CCCC1CCC2CC(c3ccc(C(=O)Oc4ccc(OC/C=C/C)cc4)c(F)c3F)CCC2C1. The molecule has 0 spiro atoms. The minimum absolute atomic E-state index is 0.00866. The van der Waals surface area contributed by atoms with Crippen LogP contribution in [-0.4, -0.2) is 12.6 Å². The molecule has 0 saturated heterocycles. The highest BCUT2D eigenvalue weighted by atomic mass is 19.2. The summed E-state index contributed by atoms with van der Waals surface area (Å²) in [5.74, 6) is -0.0827. The van der Waals surface area contributed by atoms with Crippen molar-refractivity contribution in [2.75, 3.05) is 6.61 Å². The van der Waals surface area contributed by atoms with Gasteiger partial charge in [0.25, 0.3) is 0 Å². The fourth-order valence-electron chi connectivity index (χ4n) is 5.93. The van der Waals surface area contributed by atoms with E-state index in [0.717, 1.165) is 38.0 Å². The van der Waals surface area contributed by atoms with E-state index in [1.54, 1.807) is 30.3 Å². The minimum atomic E-state index is -1.13. The van der Waals surface area contributed by atoms with Gasteiger partial charge < -0.3 is 9.47 Å². The van der Waals surface area contributed by atoms with Crippen molar-refractivity contribution in [3.63, 3.8) is 0 Å². The summed E-state index contributed by atoms with van der Waals surface area (Å²) in [6, 6.07) is 9.40. The maximum absolute atomic E-state index is 15.2. The summed E-state index contributed by atoms with van der Waals surface area (Å²) in [6.07, 6.45) is 14.5. The van der Waals surface area contributed by atoms with Gasteiger partial charge in [-0.25, -0.2) is 13.6 Å². The summed E-state index contributed by atoms with van der Waals surface area (Å²) in [5, 5.41) is 0. The Balaban J connectivity index is 1.38. The molecule has 0 aromatic heterocycles. The number of rotatable bonds is 9. The van der Waals surface area contributed by atoms with Gasteiger partial charge in [-0.2, -0.15) is 0 Å². The highest BCUT2D eigenvalue weighted by Crippen LogP contribution is 2.48. The normalized spacial score (nSPS) is 23.8. The molecule has 0 bridgehead atoms. The monoisotopic (exact) mass is 494 g/mol. The number of carbonyl (C=O) groups excluding carboxylic acids is 1. The highest BCUT2D eigenvalue weighted by Gasteiger charge is 2.37. The van der Waals surface area contributed by atoms with Crippen LogP contribution in [0.3, 0.4) is 0 Å². The Morgan fingerprint density at radius 2 is 1.69 bits per heavy atom. The Labute approximate surface area is 213 Å². The number of hydrogen-bond acceptors (Lipinski definition) is 3. The second-order valence-corrected chi connectivity index (χ2v) is 10.1. The van der Waals surface area contributed by atoms with Gasteiger partial charge >= 0.3 is 5.97 Å². The molecular weight excluding hydrogens is 458 g/mol. The van der Waals surface area contributed by atoms with E-state index in [1.165, 1.54) is 25.3 Å². The molecule has 5 heteroatoms. The third-order valence-electron chi connectivity index (χ3n) is 7.89. The van der Waals surface area contributed by atoms with Gasteiger partial charge in [0.1, 0.15) is 18.1 Å². The summed E-state index contributed by atoms with van der Waals surface area (Å²) < 4.78 is 41.0. The quantitative estimate of drug-likeness (QED) is 0.199. The van der Waals surface area contributed by atoms with E-state index < -0.39 is 17.6 Å². The van der Waals surface area contributed by atoms with Crippen LogP contribution >= 0.6 is 0 Å². The van der Waals surface area contributed by atoms with Crippen molar-refractivity contribution in [1.82, 2.24) is 0 Å². The lowest BCUT2D eigenvalue weighted by Crippen LogP contribution is -2.30. The molecule has 0 aliphatic heterocycles. The second-order valence-electron chi connectivity index (χ2n) is 10.1. The molecule has 0 N–H and O–H groups in total. The Morgan fingerprint density at radius 3 is 2.44 bits per heavy atom. The number of allylic oxidation sites excluding steroid dienone is 2. The Kier molecular flexibility index (Phi) is 8.95. The van der Waals surface area contributed by atoms with Gasteiger partial charge in [0, 0.05) is 0 Å². The van der Waals surface area contributed by atoms with Crippen LogP contribution in [0.25, 0.3) is 0 Å². The van der Waals surface area contributed by atoms with Crippen LogP contribution in [0.1, 0.15) is 80.1 Å². The first-order chi connectivity index (χ1) is 17.5. The van der Waals surface area contributed by atoms with Crippen molar-refractivity contribution in [2.24, 2.45) is 17.8 Å². The van der Waals surface area contributed by atoms with Crippen LogP contribution in [-0.2, 0) is 0 Å². The molecule has 2 aromatic rings. The predicted molar refractivity (Wildman–Crippen MR) is 138 cm³/mol. The molecule has 4 atom stereocenters. The summed E-state index contributed by atoms with van der Waals surface area (Å²) >= 11 is 0. The smallest absolute Gasteiger partial charge is 0.346 e. The molecule has 2 saturated carbocycles. The van der Waals surface area contributed by atoms with Crippen molar-refractivity contribution >= 4 is 5.97 Å². The molecule has 4 unspecified atom stereocenters. The maximum Gasteiger partial charge on any atom is 0.346 e. The largest absolute Gasteiger partial charge is 0.490 e. The van der Waals surface area contributed by atoms with Gasteiger partial charge in [-0.15, -0.1) is 6.58 Å². The van der Waals surface area contributed by atoms with Crippen LogP contribution in [0.2, 0.25) is 0 Å². The molecule has 36 heavy (non-hydrogen) atoms. The first-order valence-corrected chi connectivity index (χ1v) is 13.1. The van der Waals surface area contributed by atoms with Gasteiger partial charge in [0.15, 0.2) is 11.6 Å². The second kappa shape index (κ2) is 12.3. The predicted octanol–water partition coefficient (Wildman–Crippen LogP) is 8.41. The van der Waals surface area contributed by atoms with Gasteiger partial charge in [0.2, 0.25) is 0 Å². The zero-order valence-electron chi connectivity index (χ0n) is 21.1. The standard InChI is InChI=1S/C31H36F2O3/c1-3-5-7-21-8-9-23-20-24(11-10-22(23)19-21)27-16-17-28(30(33)29(27)32)31(34)36-26-14-12-25(13-15-26)35-18-6-4-2/h3-4,6,12-17,21-24H,1,5,7-11,18-20H2,2H3/b6-4+. The zero-order chi connectivity index (χ0) is 25.5. The summed E-state index contributed by atoms with van der Waals surface area (Å²) in [7, 11) is 0. The maximum atomic E-state index is 15.2. The lowest BCUT2D eigenvalue weighted by molar-refractivity contribution is 0.0728. The van der Waals surface area contributed by atoms with Crippen LogP contribution in [0.4, 0.5) is 8.78 Å². The van der Waals surface area contributed by atoms with E-state index in [0.29, 0.717) is 29.8 Å². The van der Waals surface area contributed by atoms with Crippen molar-refractivity contribution in [3.05, 3.63) is 84.0 Å². The molecule has 2 fully saturated rings. The minimum Gasteiger partial charge on any atom is -0.490 e. The molecule has 3 nitrogen and oxygen atoms in total. The molecule has 0 heterocycles. The number of esters is 1. The van der Waals surface area contributed by atoms with Crippen molar-refractivity contribution in [2.45, 2.75) is 64.2 Å². The van der Waals surface area contributed by atoms with Gasteiger partial charge in [0.05, 0.1) is 5.56 Å². The fourth-order valence-corrected chi connectivity index (χ4v) is 5.93. The van der Waals surface area contributed by atoms with Crippen LogP contribution in [0.15, 0.2) is 61.2 Å². The van der Waals surface area contributed by atoms with Gasteiger partial charge in [-0.1, -0.05) is 30.7 Å². The van der Waals surface area contributed by atoms with Gasteiger partial charge in [-0.3, -0.25) is 0 Å². The first-order valence-electron chi connectivity index (χ1n) is 13.1. The van der Waals surface area contributed by atoms with E-state index >= 15 is 4.39 Å². The third-order valence-corrected chi connectivity index (χ3v) is 7.89. The average Bonchev–Trinajstić information content (AvgIpc) is 2.89. The topological polar surface area (TPSA) is 35.5 Å². The highest BCUT2D eigenvalue weighted by molar-refractivity contribution is 5.91. The molecule has 2 aliphatic carbocycles. The van der Waals surface area contributed by atoms with E-state index in [9.17, 15) is 9.18 Å². The van der Waals surface area contributed by atoms with Crippen molar-refractivity contribution in [1.29, 1.82) is 0 Å². The van der Waals surface area contributed by atoms with E-state index in [1.807, 2.05) is 25.2 Å².